The van der Waals surface area contributed by atoms with Gasteiger partial charge >= 0.3 is 0 Å². The second-order valence-electron chi connectivity index (χ2n) is 7.40. The summed E-state index contributed by atoms with van der Waals surface area (Å²) in [7, 11) is 3.59. The number of amides is 1. The molecule has 0 bridgehead atoms. The highest BCUT2D eigenvalue weighted by atomic mass is 16.5. The molecule has 2 heterocycles. The van der Waals surface area contributed by atoms with Gasteiger partial charge in [-0.25, -0.2) is 4.98 Å². The van der Waals surface area contributed by atoms with Crippen LogP contribution < -0.4 is 14.4 Å². The lowest BCUT2D eigenvalue weighted by atomic mass is 10.1. The molecule has 0 radical (unpaired) electrons. The highest BCUT2D eigenvalue weighted by molar-refractivity contribution is 6.07. The van der Waals surface area contributed by atoms with Crippen molar-refractivity contribution in [3.05, 3.63) is 60.2 Å². The van der Waals surface area contributed by atoms with Crippen molar-refractivity contribution in [2.75, 3.05) is 58.5 Å². The highest BCUT2D eigenvalue weighted by Crippen LogP contribution is 2.24. The summed E-state index contributed by atoms with van der Waals surface area (Å²) in [5, 5.41) is 0.866. The number of methoxy groups -OCH3 is 1. The Morgan fingerprint density at radius 3 is 2.55 bits per heavy atom. The number of aromatic nitrogens is 1. The van der Waals surface area contributed by atoms with Crippen LogP contribution in [-0.4, -0.2) is 69.4 Å². The van der Waals surface area contributed by atoms with E-state index in [-0.39, 0.29) is 5.91 Å². The number of likely N-dealkylation sites (N-methyl/N-ethyl adjacent to an activating group) is 1. The van der Waals surface area contributed by atoms with Crippen molar-refractivity contribution in [2.45, 2.75) is 0 Å². The van der Waals surface area contributed by atoms with Gasteiger partial charge in [0.1, 0.15) is 23.9 Å². The van der Waals surface area contributed by atoms with Crippen LogP contribution in [0.4, 0.5) is 5.82 Å². The van der Waals surface area contributed by atoms with Crippen molar-refractivity contribution < 1.29 is 19.0 Å². The lowest BCUT2D eigenvalue weighted by molar-refractivity contribution is 0.0304. The number of morpholine rings is 1. The molecule has 2 aromatic carbocycles. The molecule has 0 spiro atoms. The summed E-state index contributed by atoms with van der Waals surface area (Å²) in [6.07, 6.45) is 0. The van der Waals surface area contributed by atoms with Crippen LogP contribution in [0.15, 0.2) is 54.6 Å². The third-order valence-electron chi connectivity index (χ3n) is 5.38. The van der Waals surface area contributed by atoms with E-state index in [9.17, 15) is 4.79 Å². The zero-order valence-corrected chi connectivity index (χ0v) is 17.9. The molecule has 3 aromatic rings. The lowest BCUT2D eigenvalue weighted by Crippen LogP contribution is -2.40. The first-order valence-corrected chi connectivity index (χ1v) is 10.4. The van der Waals surface area contributed by atoms with Crippen LogP contribution in [0.25, 0.3) is 10.9 Å². The van der Waals surface area contributed by atoms with Crippen LogP contribution in [-0.2, 0) is 4.74 Å². The maximum atomic E-state index is 13.2. The van der Waals surface area contributed by atoms with Gasteiger partial charge in [0.15, 0.2) is 0 Å². The number of nitrogens with zero attached hydrogens (tertiary/aromatic N) is 3. The van der Waals surface area contributed by atoms with Crippen LogP contribution in [0.2, 0.25) is 0 Å². The average molecular weight is 421 g/mol. The number of rotatable bonds is 7. The predicted molar refractivity (Wildman–Crippen MR) is 120 cm³/mol. The number of carbonyl (C=O) groups is 1. The minimum absolute atomic E-state index is 0.0195. The van der Waals surface area contributed by atoms with Crippen molar-refractivity contribution in [3.8, 4) is 11.5 Å². The molecular formula is C24H27N3O4. The molecule has 162 valence electrons. The third kappa shape index (κ3) is 4.88. The molecule has 1 aliphatic rings. The SMILES string of the molecule is COc1ccc(OCCN(C)c2cc(C(=O)N3CCOCC3)c3ccccc3n2)cc1. The normalized spacial score (nSPS) is 13.8. The topological polar surface area (TPSA) is 64.1 Å². The van der Waals surface area contributed by atoms with Gasteiger partial charge in [0.05, 0.1) is 37.9 Å². The molecular weight excluding hydrogens is 394 g/mol. The highest BCUT2D eigenvalue weighted by Gasteiger charge is 2.22. The number of ether oxygens (including phenoxy) is 3. The van der Waals surface area contributed by atoms with Gasteiger partial charge in [0, 0.05) is 25.5 Å². The fourth-order valence-electron chi connectivity index (χ4n) is 3.56. The largest absolute Gasteiger partial charge is 0.497 e. The Bertz CT molecular complexity index is 1030. The number of carbonyl (C=O) groups excluding carboxylic acids is 1. The summed E-state index contributed by atoms with van der Waals surface area (Å²) in [5.41, 5.74) is 1.48. The van der Waals surface area contributed by atoms with E-state index in [0.717, 1.165) is 28.2 Å². The maximum Gasteiger partial charge on any atom is 0.254 e. The minimum Gasteiger partial charge on any atom is -0.497 e. The van der Waals surface area contributed by atoms with Crippen LogP contribution in [0, 0.1) is 0 Å². The standard InChI is InChI=1S/C24H27N3O4/c1-26(11-16-31-19-9-7-18(29-2)8-10-19)23-17-21(20-5-3-4-6-22(20)25-23)24(28)27-12-14-30-15-13-27/h3-10,17H,11-16H2,1-2H3. The zero-order valence-electron chi connectivity index (χ0n) is 17.9. The van der Waals surface area contributed by atoms with Crippen LogP contribution in [0.5, 0.6) is 11.5 Å². The summed E-state index contributed by atoms with van der Waals surface area (Å²) < 4.78 is 16.4. The minimum atomic E-state index is 0.0195. The number of benzene rings is 2. The molecule has 0 saturated carbocycles. The summed E-state index contributed by atoms with van der Waals surface area (Å²) in [5.74, 6) is 2.34. The summed E-state index contributed by atoms with van der Waals surface area (Å²) in [6, 6.07) is 17.1. The van der Waals surface area contributed by atoms with Crippen molar-refractivity contribution in [1.29, 1.82) is 0 Å². The molecule has 1 aromatic heterocycles. The van der Waals surface area contributed by atoms with Gasteiger partial charge in [0.25, 0.3) is 5.91 Å². The maximum absolute atomic E-state index is 13.2. The first kappa shape index (κ1) is 20.9. The van der Waals surface area contributed by atoms with E-state index in [1.165, 1.54) is 0 Å². The van der Waals surface area contributed by atoms with Crippen molar-refractivity contribution in [2.24, 2.45) is 0 Å². The van der Waals surface area contributed by atoms with Gasteiger partial charge in [-0.05, 0) is 36.4 Å². The van der Waals surface area contributed by atoms with E-state index in [0.29, 0.717) is 45.0 Å². The molecule has 1 fully saturated rings. The van der Waals surface area contributed by atoms with Crippen LogP contribution in [0.1, 0.15) is 10.4 Å². The molecule has 1 amide bonds. The van der Waals surface area contributed by atoms with Crippen molar-refractivity contribution in [1.82, 2.24) is 9.88 Å². The Morgan fingerprint density at radius 2 is 1.81 bits per heavy atom. The van der Waals surface area contributed by atoms with Gasteiger partial charge in [-0.3, -0.25) is 4.79 Å². The van der Waals surface area contributed by atoms with E-state index < -0.39 is 0 Å². The second kappa shape index (κ2) is 9.66. The summed E-state index contributed by atoms with van der Waals surface area (Å²) in [4.78, 5) is 21.9. The van der Waals surface area contributed by atoms with Crippen molar-refractivity contribution >= 4 is 22.6 Å². The molecule has 1 saturated heterocycles. The second-order valence-corrected chi connectivity index (χ2v) is 7.40. The van der Waals surface area contributed by atoms with Crippen molar-refractivity contribution in [3.63, 3.8) is 0 Å². The Hall–Kier alpha value is -3.32. The van der Waals surface area contributed by atoms with Gasteiger partial charge in [-0.2, -0.15) is 0 Å². The van der Waals surface area contributed by atoms with Crippen LogP contribution in [0.3, 0.4) is 0 Å². The van der Waals surface area contributed by atoms with Gasteiger partial charge in [-0.1, -0.05) is 18.2 Å². The van der Waals surface area contributed by atoms with E-state index >= 15 is 0 Å². The number of fused-ring (bicyclic) bond motifs is 1. The third-order valence-corrected chi connectivity index (χ3v) is 5.38. The number of hydrogen-bond donors (Lipinski definition) is 0. The van der Waals surface area contributed by atoms with E-state index in [1.54, 1.807) is 7.11 Å². The molecule has 31 heavy (non-hydrogen) atoms. The van der Waals surface area contributed by atoms with E-state index in [4.69, 9.17) is 19.2 Å². The number of pyridine rings is 1. The molecule has 0 unspecified atom stereocenters. The molecule has 7 nitrogen and oxygen atoms in total. The number of para-hydroxylation sites is 1. The van der Waals surface area contributed by atoms with E-state index in [2.05, 4.69) is 0 Å². The first-order valence-electron chi connectivity index (χ1n) is 10.4. The smallest absolute Gasteiger partial charge is 0.254 e. The number of hydrogen-bond acceptors (Lipinski definition) is 6. The molecule has 4 rings (SSSR count). The summed E-state index contributed by atoms with van der Waals surface area (Å²) in [6.45, 7) is 3.48. The fourth-order valence-corrected chi connectivity index (χ4v) is 3.56. The van der Waals surface area contributed by atoms with Gasteiger partial charge in [-0.15, -0.1) is 0 Å². The van der Waals surface area contributed by atoms with E-state index in [1.807, 2.05) is 71.4 Å². The Labute approximate surface area is 182 Å². The average Bonchev–Trinajstić information content (AvgIpc) is 2.83. The molecule has 1 aliphatic heterocycles. The van der Waals surface area contributed by atoms with Gasteiger partial charge < -0.3 is 24.0 Å². The quantitative estimate of drug-likeness (QED) is 0.584. The first-order chi connectivity index (χ1) is 15.2. The zero-order chi connectivity index (χ0) is 21.6. The van der Waals surface area contributed by atoms with Gasteiger partial charge in [0.2, 0.25) is 0 Å². The van der Waals surface area contributed by atoms with Crippen LogP contribution >= 0.6 is 0 Å². The summed E-state index contributed by atoms with van der Waals surface area (Å²) >= 11 is 0. The number of anilines is 1. The molecule has 0 aliphatic carbocycles. The molecule has 0 atom stereocenters. The molecule has 7 heteroatoms. The molecule has 0 N–H and O–H groups in total. The Kier molecular flexibility index (Phi) is 6.52. The monoisotopic (exact) mass is 421 g/mol. The Morgan fingerprint density at radius 1 is 1.10 bits per heavy atom. The lowest BCUT2D eigenvalue weighted by Gasteiger charge is -2.28. The predicted octanol–water partition coefficient (Wildman–Crippen LogP) is 3.23. The fraction of sp³-hybridized carbons (Fsp3) is 0.333. The Balaban J connectivity index is 1.50.